The van der Waals surface area contributed by atoms with E-state index >= 15 is 0 Å². The Balaban J connectivity index is 2.91. The number of hydrogen-bond donors (Lipinski definition) is 1. The number of ether oxygens (including phenoxy) is 1. The molecule has 0 fully saturated rings. The van der Waals surface area contributed by atoms with E-state index in [1.54, 1.807) is 26.8 Å². The molecule has 1 aromatic carbocycles. The molecule has 1 aromatic rings. The Morgan fingerprint density at radius 1 is 1.32 bits per heavy atom. The van der Waals surface area contributed by atoms with Gasteiger partial charge in [-0.2, -0.15) is 0 Å². The summed E-state index contributed by atoms with van der Waals surface area (Å²) in [6, 6.07) is 3.52. The molecule has 0 saturated heterocycles. The number of hydrogen-bond acceptors (Lipinski definition) is 3. The summed E-state index contributed by atoms with van der Waals surface area (Å²) in [5.41, 5.74) is 0.641. The Kier molecular flexibility index (Phi) is 5.03. The van der Waals surface area contributed by atoms with Crippen molar-refractivity contribution in [2.24, 2.45) is 5.92 Å². The molecule has 1 amide bonds. The van der Waals surface area contributed by atoms with Gasteiger partial charge in [-0.25, -0.2) is 9.18 Å². The zero-order valence-electron chi connectivity index (χ0n) is 11.5. The number of methoxy groups -OCH3 is 1. The van der Waals surface area contributed by atoms with E-state index in [-0.39, 0.29) is 11.5 Å². The van der Waals surface area contributed by atoms with Gasteiger partial charge in [0.05, 0.1) is 12.7 Å². The van der Waals surface area contributed by atoms with Crippen molar-refractivity contribution in [3.05, 3.63) is 35.1 Å². The second kappa shape index (κ2) is 6.31. The van der Waals surface area contributed by atoms with Crippen LogP contribution in [0.3, 0.4) is 0 Å². The molecule has 0 aromatic heterocycles. The Morgan fingerprint density at radius 3 is 2.42 bits per heavy atom. The molecule has 5 heteroatoms. The first-order valence-corrected chi connectivity index (χ1v) is 6.01. The topological polar surface area (TPSA) is 55.4 Å². The average Bonchev–Trinajstić information content (AvgIpc) is 2.34. The fraction of sp³-hybridized carbons (Fsp3) is 0.429. The van der Waals surface area contributed by atoms with Crippen LogP contribution in [0.1, 0.15) is 29.8 Å². The second-order valence-electron chi connectivity index (χ2n) is 4.70. The predicted octanol–water partition coefficient (Wildman–Crippen LogP) is 2.06. The minimum absolute atomic E-state index is 0.0832. The van der Waals surface area contributed by atoms with Crippen LogP contribution in [0, 0.1) is 18.7 Å². The van der Waals surface area contributed by atoms with Crippen LogP contribution in [0.4, 0.5) is 4.39 Å². The Labute approximate surface area is 112 Å². The summed E-state index contributed by atoms with van der Waals surface area (Å²) in [6.07, 6.45) is 0. The number of carbonyl (C=O) groups excluding carboxylic acids is 2. The highest BCUT2D eigenvalue weighted by atomic mass is 19.1. The maximum Gasteiger partial charge on any atom is 0.328 e. The predicted molar refractivity (Wildman–Crippen MR) is 69.2 cm³/mol. The fourth-order valence-electron chi connectivity index (χ4n) is 1.65. The Hall–Kier alpha value is -1.91. The third-order valence-corrected chi connectivity index (χ3v) is 2.78. The van der Waals surface area contributed by atoms with Gasteiger partial charge in [0.2, 0.25) is 0 Å². The summed E-state index contributed by atoms with van der Waals surface area (Å²) in [7, 11) is 1.25. The van der Waals surface area contributed by atoms with E-state index in [2.05, 4.69) is 10.1 Å². The standard InChI is InChI=1S/C14H18FNO3/c1-8(2)12(14(18)19-4)16-13(17)10-6-5-9(3)7-11(10)15/h5-8,12H,1-4H3,(H,16,17)/t12-/m0/s1. The molecule has 0 radical (unpaired) electrons. The summed E-state index contributed by atoms with van der Waals surface area (Å²) in [5.74, 6) is -1.92. The lowest BCUT2D eigenvalue weighted by atomic mass is 10.0. The maximum absolute atomic E-state index is 13.7. The summed E-state index contributed by atoms with van der Waals surface area (Å²) < 4.78 is 18.3. The molecule has 104 valence electrons. The van der Waals surface area contributed by atoms with Gasteiger partial charge < -0.3 is 10.1 Å². The molecule has 0 aliphatic heterocycles. The molecule has 19 heavy (non-hydrogen) atoms. The number of benzene rings is 1. The lowest BCUT2D eigenvalue weighted by Gasteiger charge is -2.19. The average molecular weight is 267 g/mol. The summed E-state index contributed by atoms with van der Waals surface area (Å²) >= 11 is 0. The lowest BCUT2D eigenvalue weighted by molar-refractivity contribution is -0.144. The van der Waals surface area contributed by atoms with Crippen molar-refractivity contribution < 1.29 is 18.7 Å². The molecule has 0 heterocycles. The van der Waals surface area contributed by atoms with Gasteiger partial charge in [0.15, 0.2) is 0 Å². The molecule has 0 aliphatic carbocycles. The van der Waals surface area contributed by atoms with Gasteiger partial charge >= 0.3 is 5.97 Å². The maximum atomic E-state index is 13.7. The summed E-state index contributed by atoms with van der Waals surface area (Å²) in [6.45, 7) is 5.27. The van der Waals surface area contributed by atoms with Crippen LogP contribution in [0.5, 0.6) is 0 Å². The van der Waals surface area contributed by atoms with Gasteiger partial charge in [0, 0.05) is 0 Å². The van der Waals surface area contributed by atoms with E-state index in [9.17, 15) is 14.0 Å². The highest BCUT2D eigenvalue weighted by molar-refractivity contribution is 5.97. The van der Waals surface area contributed by atoms with Crippen LogP contribution >= 0.6 is 0 Å². The van der Waals surface area contributed by atoms with E-state index < -0.39 is 23.7 Å². The summed E-state index contributed by atoms with van der Waals surface area (Å²) in [4.78, 5) is 23.5. The van der Waals surface area contributed by atoms with E-state index in [1.165, 1.54) is 19.2 Å². The first-order chi connectivity index (χ1) is 8.86. The normalized spacial score (nSPS) is 12.1. The number of nitrogens with one attached hydrogen (secondary N) is 1. The SMILES string of the molecule is COC(=O)[C@@H](NC(=O)c1ccc(C)cc1F)C(C)C. The Bertz CT molecular complexity index is 486. The van der Waals surface area contributed by atoms with Crippen molar-refractivity contribution in [1.29, 1.82) is 0 Å². The molecule has 0 unspecified atom stereocenters. The van der Waals surface area contributed by atoms with Crippen LogP contribution in [-0.2, 0) is 9.53 Å². The van der Waals surface area contributed by atoms with E-state index in [1.807, 2.05) is 0 Å². The molecule has 0 bridgehead atoms. The summed E-state index contributed by atoms with van der Waals surface area (Å²) in [5, 5.41) is 2.49. The quantitative estimate of drug-likeness (QED) is 0.850. The number of halogens is 1. The monoisotopic (exact) mass is 267 g/mol. The van der Waals surface area contributed by atoms with E-state index in [4.69, 9.17) is 0 Å². The fourth-order valence-corrected chi connectivity index (χ4v) is 1.65. The minimum Gasteiger partial charge on any atom is -0.467 e. The first kappa shape index (κ1) is 15.1. The van der Waals surface area contributed by atoms with Crippen LogP contribution in [0.25, 0.3) is 0 Å². The van der Waals surface area contributed by atoms with Gasteiger partial charge in [-0.1, -0.05) is 19.9 Å². The number of amides is 1. The smallest absolute Gasteiger partial charge is 0.328 e. The highest BCUT2D eigenvalue weighted by Crippen LogP contribution is 2.11. The van der Waals surface area contributed by atoms with Crippen LogP contribution < -0.4 is 5.32 Å². The van der Waals surface area contributed by atoms with Crippen molar-refractivity contribution in [3.8, 4) is 0 Å². The largest absolute Gasteiger partial charge is 0.467 e. The molecule has 0 spiro atoms. The van der Waals surface area contributed by atoms with E-state index in [0.717, 1.165) is 5.56 Å². The zero-order valence-corrected chi connectivity index (χ0v) is 11.5. The van der Waals surface area contributed by atoms with E-state index in [0.29, 0.717) is 0 Å². The number of carbonyl (C=O) groups is 2. The molecule has 4 nitrogen and oxygen atoms in total. The molecular formula is C14H18FNO3. The van der Waals surface area contributed by atoms with Crippen LogP contribution in [0.15, 0.2) is 18.2 Å². The zero-order chi connectivity index (χ0) is 14.6. The molecule has 1 atom stereocenters. The van der Waals surface area contributed by atoms with Crippen molar-refractivity contribution in [3.63, 3.8) is 0 Å². The van der Waals surface area contributed by atoms with Crippen LogP contribution in [-0.4, -0.2) is 25.0 Å². The third-order valence-electron chi connectivity index (χ3n) is 2.78. The minimum atomic E-state index is -0.793. The van der Waals surface area contributed by atoms with Crippen molar-refractivity contribution in [1.82, 2.24) is 5.32 Å². The van der Waals surface area contributed by atoms with Gasteiger partial charge in [-0.15, -0.1) is 0 Å². The van der Waals surface area contributed by atoms with Gasteiger partial charge in [-0.3, -0.25) is 4.79 Å². The molecule has 0 aliphatic rings. The van der Waals surface area contributed by atoms with Crippen molar-refractivity contribution >= 4 is 11.9 Å². The molecular weight excluding hydrogens is 249 g/mol. The number of esters is 1. The van der Waals surface area contributed by atoms with Crippen molar-refractivity contribution in [2.75, 3.05) is 7.11 Å². The Morgan fingerprint density at radius 2 is 1.95 bits per heavy atom. The van der Waals surface area contributed by atoms with Crippen molar-refractivity contribution in [2.45, 2.75) is 26.8 Å². The lowest BCUT2D eigenvalue weighted by Crippen LogP contribution is -2.45. The van der Waals surface area contributed by atoms with Gasteiger partial charge in [0.25, 0.3) is 5.91 Å². The molecule has 1 rings (SSSR count). The highest BCUT2D eigenvalue weighted by Gasteiger charge is 2.26. The first-order valence-electron chi connectivity index (χ1n) is 6.01. The molecule has 1 N–H and O–H groups in total. The number of rotatable bonds is 4. The van der Waals surface area contributed by atoms with Crippen LogP contribution in [0.2, 0.25) is 0 Å². The van der Waals surface area contributed by atoms with Gasteiger partial charge in [-0.05, 0) is 30.5 Å². The van der Waals surface area contributed by atoms with Gasteiger partial charge in [0.1, 0.15) is 11.9 Å². The molecule has 0 saturated carbocycles. The number of aryl methyl sites for hydroxylation is 1. The third kappa shape index (κ3) is 3.77. The second-order valence-corrected chi connectivity index (χ2v) is 4.70.